The first-order valence-corrected chi connectivity index (χ1v) is 9.58. The Hall–Kier alpha value is -2.95. The van der Waals surface area contributed by atoms with E-state index >= 15 is 0 Å². The van der Waals surface area contributed by atoms with Crippen LogP contribution in [0.5, 0.6) is 5.88 Å². The van der Waals surface area contributed by atoms with Gasteiger partial charge in [-0.1, -0.05) is 0 Å². The van der Waals surface area contributed by atoms with Crippen LogP contribution in [0.1, 0.15) is 58.0 Å². The van der Waals surface area contributed by atoms with Gasteiger partial charge in [-0.15, -0.1) is 16.4 Å². The third-order valence-electron chi connectivity index (χ3n) is 4.26. The zero-order valence-corrected chi connectivity index (χ0v) is 16.5. The first kappa shape index (κ1) is 19.8. The SMILES string of the molecule is COc1n[nH]c(C(=O)Nc2sc3c(c2C(=O)OC(C)C)CCCC3)c1[N+](=O)[O-]. The van der Waals surface area contributed by atoms with Crippen LogP contribution < -0.4 is 10.1 Å². The van der Waals surface area contributed by atoms with Crippen LogP contribution in [0.3, 0.4) is 0 Å². The summed E-state index contributed by atoms with van der Waals surface area (Å²) in [6.45, 7) is 3.49. The van der Waals surface area contributed by atoms with E-state index in [1.807, 2.05) is 0 Å². The monoisotopic (exact) mass is 408 g/mol. The van der Waals surface area contributed by atoms with Crippen molar-refractivity contribution in [2.75, 3.05) is 12.4 Å². The van der Waals surface area contributed by atoms with E-state index in [4.69, 9.17) is 9.47 Å². The van der Waals surface area contributed by atoms with Crippen molar-refractivity contribution in [3.8, 4) is 5.88 Å². The Morgan fingerprint density at radius 3 is 2.68 bits per heavy atom. The number of methoxy groups -OCH3 is 1. The van der Waals surface area contributed by atoms with Crippen LogP contribution in [0.2, 0.25) is 0 Å². The number of hydrogen-bond donors (Lipinski definition) is 2. The predicted octanol–water partition coefficient (Wildman–Crippen LogP) is 3.08. The molecule has 0 aromatic carbocycles. The molecule has 0 unspecified atom stereocenters. The van der Waals surface area contributed by atoms with Gasteiger partial charge in [0.25, 0.3) is 5.91 Å². The second-order valence-electron chi connectivity index (χ2n) is 6.54. The number of aromatic amines is 1. The standard InChI is InChI=1S/C17H20N4O6S/c1-8(2)27-17(23)11-9-6-4-5-7-10(9)28-16(11)18-14(22)12-13(21(24)25)15(26-3)20-19-12/h8H,4-7H2,1-3H3,(H,18,22)(H,19,20). The Morgan fingerprint density at radius 2 is 2.04 bits per heavy atom. The molecule has 150 valence electrons. The fraction of sp³-hybridized carbons (Fsp3) is 0.471. The average Bonchev–Trinajstić information content (AvgIpc) is 3.21. The first-order valence-electron chi connectivity index (χ1n) is 8.77. The molecule has 11 heteroatoms. The molecule has 2 heterocycles. The van der Waals surface area contributed by atoms with Gasteiger partial charge < -0.3 is 14.8 Å². The van der Waals surface area contributed by atoms with Gasteiger partial charge in [0, 0.05) is 4.88 Å². The Balaban J connectivity index is 1.97. The predicted molar refractivity (Wildman–Crippen MR) is 101 cm³/mol. The van der Waals surface area contributed by atoms with Gasteiger partial charge in [-0.3, -0.25) is 20.0 Å². The van der Waals surface area contributed by atoms with Crippen molar-refractivity contribution < 1.29 is 24.0 Å². The molecule has 10 nitrogen and oxygen atoms in total. The van der Waals surface area contributed by atoms with Gasteiger partial charge in [-0.2, -0.15) is 0 Å². The highest BCUT2D eigenvalue weighted by molar-refractivity contribution is 7.17. The van der Waals surface area contributed by atoms with E-state index in [2.05, 4.69) is 15.5 Å². The van der Waals surface area contributed by atoms with Crippen molar-refractivity contribution in [3.05, 3.63) is 31.8 Å². The Bertz CT molecular complexity index is 932. The number of amides is 1. The lowest BCUT2D eigenvalue weighted by molar-refractivity contribution is -0.386. The highest BCUT2D eigenvalue weighted by atomic mass is 32.1. The van der Waals surface area contributed by atoms with Crippen LogP contribution in [-0.2, 0) is 17.6 Å². The third-order valence-corrected chi connectivity index (χ3v) is 5.46. The molecule has 0 radical (unpaired) electrons. The minimum atomic E-state index is -0.778. The van der Waals surface area contributed by atoms with Gasteiger partial charge in [-0.05, 0) is 45.1 Å². The van der Waals surface area contributed by atoms with Gasteiger partial charge in [0.15, 0.2) is 0 Å². The molecular formula is C17H20N4O6S. The summed E-state index contributed by atoms with van der Waals surface area (Å²) in [6, 6.07) is 0. The highest BCUT2D eigenvalue weighted by Crippen LogP contribution is 2.39. The molecule has 0 atom stereocenters. The Morgan fingerprint density at radius 1 is 1.32 bits per heavy atom. The zero-order valence-electron chi connectivity index (χ0n) is 15.7. The molecule has 2 N–H and O–H groups in total. The number of aromatic nitrogens is 2. The molecule has 1 aliphatic carbocycles. The van der Waals surface area contributed by atoms with Crippen molar-refractivity contribution in [3.63, 3.8) is 0 Å². The number of nitrogens with zero attached hydrogens (tertiary/aromatic N) is 2. The van der Waals surface area contributed by atoms with Gasteiger partial charge in [0.05, 0.1) is 23.7 Å². The number of esters is 1. The van der Waals surface area contributed by atoms with Crippen molar-refractivity contribution in [1.82, 2.24) is 10.2 Å². The van der Waals surface area contributed by atoms with E-state index in [1.54, 1.807) is 13.8 Å². The van der Waals surface area contributed by atoms with Crippen LogP contribution in [0.25, 0.3) is 0 Å². The lowest BCUT2D eigenvalue weighted by Crippen LogP contribution is -2.18. The lowest BCUT2D eigenvalue weighted by atomic mass is 9.95. The molecule has 0 spiro atoms. The summed E-state index contributed by atoms with van der Waals surface area (Å²) in [4.78, 5) is 36.9. The maximum absolute atomic E-state index is 12.7. The summed E-state index contributed by atoms with van der Waals surface area (Å²) >= 11 is 1.30. The summed E-state index contributed by atoms with van der Waals surface area (Å²) < 4.78 is 10.2. The summed E-state index contributed by atoms with van der Waals surface area (Å²) in [5.41, 5.74) is 0.300. The minimum absolute atomic E-state index is 0.292. The van der Waals surface area contributed by atoms with E-state index in [9.17, 15) is 19.7 Å². The van der Waals surface area contributed by atoms with E-state index in [0.717, 1.165) is 36.1 Å². The smallest absolute Gasteiger partial charge is 0.362 e. The number of ether oxygens (including phenoxy) is 2. The molecule has 0 saturated carbocycles. The Kier molecular flexibility index (Phi) is 5.63. The average molecular weight is 408 g/mol. The second-order valence-corrected chi connectivity index (χ2v) is 7.64. The third kappa shape index (κ3) is 3.70. The number of nitrogens with one attached hydrogen (secondary N) is 2. The molecule has 1 amide bonds. The number of H-pyrrole nitrogens is 1. The molecule has 0 bridgehead atoms. The first-order chi connectivity index (χ1) is 13.3. The maximum Gasteiger partial charge on any atom is 0.362 e. The number of nitro groups is 1. The highest BCUT2D eigenvalue weighted by Gasteiger charge is 2.33. The molecule has 1 aliphatic rings. The largest absolute Gasteiger partial charge is 0.475 e. The van der Waals surface area contributed by atoms with Crippen LogP contribution in [-0.4, -0.2) is 40.2 Å². The molecule has 28 heavy (non-hydrogen) atoms. The normalized spacial score (nSPS) is 13.1. The van der Waals surface area contributed by atoms with Crippen molar-refractivity contribution in [2.45, 2.75) is 45.6 Å². The number of fused-ring (bicyclic) bond motifs is 1. The van der Waals surface area contributed by atoms with E-state index in [0.29, 0.717) is 10.6 Å². The zero-order chi connectivity index (χ0) is 20.4. The molecule has 0 aliphatic heterocycles. The topological polar surface area (TPSA) is 136 Å². The van der Waals surface area contributed by atoms with Crippen molar-refractivity contribution >= 4 is 33.9 Å². The summed E-state index contributed by atoms with van der Waals surface area (Å²) in [5, 5.41) is 20.2. The van der Waals surface area contributed by atoms with E-state index in [-0.39, 0.29) is 17.7 Å². The van der Waals surface area contributed by atoms with Gasteiger partial charge in [0.1, 0.15) is 5.00 Å². The summed E-state index contributed by atoms with van der Waals surface area (Å²) in [7, 11) is 1.22. The number of carbonyl (C=O) groups is 2. The summed E-state index contributed by atoms with van der Waals surface area (Å²) in [5.74, 6) is -1.58. The van der Waals surface area contributed by atoms with Crippen LogP contribution in [0.4, 0.5) is 10.7 Å². The number of thiophene rings is 1. The number of carbonyl (C=O) groups excluding carboxylic acids is 2. The number of rotatable bonds is 6. The van der Waals surface area contributed by atoms with Crippen LogP contribution in [0.15, 0.2) is 0 Å². The number of aryl methyl sites for hydroxylation is 1. The second kappa shape index (κ2) is 7.97. The number of hydrogen-bond acceptors (Lipinski definition) is 8. The van der Waals surface area contributed by atoms with Gasteiger partial charge >= 0.3 is 17.5 Å². The number of anilines is 1. The van der Waals surface area contributed by atoms with Crippen LogP contribution >= 0.6 is 11.3 Å². The fourth-order valence-electron chi connectivity index (χ4n) is 3.10. The molecule has 2 aromatic rings. The van der Waals surface area contributed by atoms with Gasteiger partial charge in [-0.25, -0.2) is 4.79 Å². The minimum Gasteiger partial charge on any atom is -0.475 e. The van der Waals surface area contributed by atoms with E-state index in [1.165, 1.54) is 18.4 Å². The van der Waals surface area contributed by atoms with E-state index < -0.39 is 22.5 Å². The fourth-order valence-corrected chi connectivity index (χ4v) is 4.37. The maximum atomic E-state index is 12.7. The molecule has 0 fully saturated rings. The Labute approximate surface area is 164 Å². The van der Waals surface area contributed by atoms with Crippen molar-refractivity contribution in [2.24, 2.45) is 0 Å². The molecule has 0 saturated heterocycles. The quantitative estimate of drug-likeness (QED) is 0.426. The van der Waals surface area contributed by atoms with Gasteiger partial charge in [0.2, 0.25) is 5.69 Å². The molecule has 2 aromatic heterocycles. The summed E-state index contributed by atoms with van der Waals surface area (Å²) in [6.07, 6.45) is 3.18. The van der Waals surface area contributed by atoms with Crippen LogP contribution in [0, 0.1) is 10.1 Å². The molecular weight excluding hydrogens is 388 g/mol. The molecule has 3 rings (SSSR count). The van der Waals surface area contributed by atoms with Crippen molar-refractivity contribution in [1.29, 1.82) is 0 Å². The lowest BCUT2D eigenvalue weighted by Gasteiger charge is -2.14.